The van der Waals surface area contributed by atoms with Crippen molar-refractivity contribution in [1.29, 1.82) is 0 Å². The van der Waals surface area contributed by atoms with Gasteiger partial charge in [0, 0.05) is 32.2 Å². The quantitative estimate of drug-likeness (QED) is 0.701. The zero-order valence-electron chi connectivity index (χ0n) is 17.5. The summed E-state index contributed by atoms with van der Waals surface area (Å²) in [7, 11) is -1.46. The lowest BCUT2D eigenvalue weighted by atomic mass is 10.1. The van der Waals surface area contributed by atoms with Gasteiger partial charge in [0.25, 0.3) is 5.56 Å². The molecule has 0 radical (unpaired) electrons. The molecule has 10 nitrogen and oxygen atoms in total. The van der Waals surface area contributed by atoms with E-state index in [9.17, 15) is 13.2 Å². The van der Waals surface area contributed by atoms with E-state index in [2.05, 4.69) is 25.6 Å². The van der Waals surface area contributed by atoms with E-state index >= 15 is 0 Å². The first-order valence-corrected chi connectivity index (χ1v) is 12.2. The van der Waals surface area contributed by atoms with Crippen LogP contribution in [0.5, 0.6) is 0 Å². The third-order valence-electron chi connectivity index (χ3n) is 6.10. The molecule has 30 heavy (non-hydrogen) atoms. The third-order valence-corrected chi connectivity index (χ3v) is 7.99. The van der Waals surface area contributed by atoms with Crippen LogP contribution in [0.25, 0.3) is 11.2 Å². The zero-order valence-corrected chi connectivity index (χ0v) is 18.3. The van der Waals surface area contributed by atoms with Gasteiger partial charge in [-0.1, -0.05) is 12.8 Å². The van der Waals surface area contributed by atoms with E-state index in [1.807, 2.05) is 0 Å². The standard InChI is InChI=1S/C19H29N7O3S/c1-3-30(28,29)25-10-8-13(9-11-25)22-19-21-12-15-17(24-19)26(14-6-4-5-7-14)18(27)16(20-2)23-15/h12-14H,3-11H2,1-2H3,(H,20,23)(H,21,22,24). The minimum atomic E-state index is -3.15. The molecule has 0 spiro atoms. The van der Waals surface area contributed by atoms with E-state index in [0.29, 0.717) is 48.9 Å². The van der Waals surface area contributed by atoms with Crippen molar-refractivity contribution in [1.82, 2.24) is 23.8 Å². The van der Waals surface area contributed by atoms with Crippen molar-refractivity contribution in [2.75, 3.05) is 36.5 Å². The fraction of sp³-hybridized carbons (Fsp3) is 0.684. The van der Waals surface area contributed by atoms with Crippen LogP contribution >= 0.6 is 0 Å². The average molecular weight is 436 g/mol. The molecule has 2 aromatic heterocycles. The van der Waals surface area contributed by atoms with Gasteiger partial charge in [-0.15, -0.1) is 0 Å². The van der Waals surface area contributed by atoms with Gasteiger partial charge in [-0.25, -0.2) is 22.7 Å². The molecule has 0 unspecified atom stereocenters. The highest BCUT2D eigenvalue weighted by Gasteiger charge is 2.27. The number of aromatic nitrogens is 4. The molecule has 0 atom stereocenters. The number of hydrogen-bond donors (Lipinski definition) is 2. The van der Waals surface area contributed by atoms with Gasteiger partial charge in [-0.05, 0) is 32.6 Å². The Morgan fingerprint density at radius 2 is 1.83 bits per heavy atom. The van der Waals surface area contributed by atoms with E-state index in [-0.39, 0.29) is 23.4 Å². The first-order valence-electron chi connectivity index (χ1n) is 10.6. The number of nitrogens with zero attached hydrogens (tertiary/aromatic N) is 5. The van der Waals surface area contributed by atoms with Gasteiger partial charge < -0.3 is 10.6 Å². The lowest BCUT2D eigenvalue weighted by Gasteiger charge is -2.31. The number of fused-ring (bicyclic) bond motifs is 1. The van der Waals surface area contributed by atoms with Gasteiger partial charge in [0.1, 0.15) is 5.52 Å². The molecular weight excluding hydrogens is 406 g/mol. The van der Waals surface area contributed by atoms with Gasteiger partial charge in [0.15, 0.2) is 11.5 Å². The Bertz CT molecular complexity index is 1070. The molecule has 1 saturated heterocycles. The zero-order chi connectivity index (χ0) is 21.3. The van der Waals surface area contributed by atoms with Gasteiger partial charge in [-0.3, -0.25) is 9.36 Å². The van der Waals surface area contributed by atoms with E-state index in [1.54, 1.807) is 29.0 Å². The van der Waals surface area contributed by atoms with Crippen LogP contribution in [0.3, 0.4) is 0 Å². The molecule has 0 aromatic carbocycles. The van der Waals surface area contributed by atoms with Crippen LogP contribution in [0.15, 0.2) is 11.0 Å². The summed E-state index contributed by atoms with van der Waals surface area (Å²) >= 11 is 0. The predicted molar refractivity (Wildman–Crippen MR) is 116 cm³/mol. The molecule has 1 saturated carbocycles. The minimum absolute atomic E-state index is 0.0851. The lowest BCUT2D eigenvalue weighted by molar-refractivity contribution is 0.329. The van der Waals surface area contributed by atoms with Crippen LogP contribution in [-0.2, 0) is 10.0 Å². The molecule has 2 N–H and O–H groups in total. The van der Waals surface area contributed by atoms with E-state index < -0.39 is 10.0 Å². The van der Waals surface area contributed by atoms with Crippen LogP contribution in [0.2, 0.25) is 0 Å². The highest BCUT2D eigenvalue weighted by atomic mass is 32.2. The monoisotopic (exact) mass is 435 g/mol. The van der Waals surface area contributed by atoms with Crippen molar-refractivity contribution in [2.45, 2.75) is 57.5 Å². The van der Waals surface area contributed by atoms with E-state index in [0.717, 1.165) is 25.7 Å². The molecular formula is C19H29N7O3S. The van der Waals surface area contributed by atoms with Crippen molar-refractivity contribution < 1.29 is 8.42 Å². The number of anilines is 2. The third kappa shape index (κ3) is 4.00. The molecule has 4 rings (SSSR count). The van der Waals surface area contributed by atoms with Crippen LogP contribution in [0.1, 0.15) is 51.5 Å². The van der Waals surface area contributed by atoms with Crippen LogP contribution in [0, 0.1) is 0 Å². The van der Waals surface area contributed by atoms with Crippen molar-refractivity contribution in [3.63, 3.8) is 0 Å². The first-order chi connectivity index (χ1) is 14.4. The summed E-state index contributed by atoms with van der Waals surface area (Å²) in [6.45, 7) is 2.64. The SMILES string of the molecule is CCS(=O)(=O)N1CCC(Nc2ncc3nc(NC)c(=O)n(C4CCCC4)c3n2)CC1. The molecule has 1 aliphatic carbocycles. The largest absolute Gasteiger partial charge is 0.369 e. The Morgan fingerprint density at radius 1 is 1.13 bits per heavy atom. The minimum Gasteiger partial charge on any atom is -0.369 e. The summed E-state index contributed by atoms with van der Waals surface area (Å²) in [5, 5.41) is 6.21. The van der Waals surface area contributed by atoms with Gasteiger partial charge in [0.05, 0.1) is 11.9 Å². The lowest BCUT2D eigenvalue weighted by Crippen LogP contribution is -2.43. The van der Waals surface area contributed by atoms with Crippen LogP contribution in [0.4, 0.5) is 11.8 Å². The molecule has 11 heteroatoms. The fourth-order valence-electron chi connectivity index (χ4n) is 4.38. The number of hydrogen-bond acceptors (Lipinski definition) is 8. The summed E-state index contributed by atoms with van der Waals surface area (Å²) < 4.78 is 27.4. The summed E-state index contributed by atoms with van der Waals surface area (Å²) in [4.78, 5) is 26.4. The summed E-state index contributed by atoms with van der Waals surface area (Å²) in [6, 6.07) is 0.210. The first kappa shape index (κ1) is 21.0. The second-order valence-electron chi connectivity index (χ2n) is 7.94. The van der Waals surface area contributed by atoms with Gasteiger partial charge in [0.2, 0.25) is 16.0 Å². The second-order valence-corrected chi connectivity index (χ2v) is 10.2. The molecule has 0 bridgehead atoms. The molecule has 3 heterocycles. The normalized spacial score (nSPS) is 19.4. The smallest absolute Gasteiger partial charge is 0.295 e. The molecule has 2 aliphatic rings. The van der Waals surface area contributed by atoms with Crippen molar-refractivity contribution in [3.8, 4) is 0 Å². The maximum absolute atomic E-state index is 13.0. The van der Waals surface area contributed by atoms with Crippen molar-refractivity contribution in [3.05, 3.63) is 16.6 Å². The highest BCUT2D eigenvalue weighted by molar-refractivity contribution is 7.89. The predicted octanol–water partition coefficient (Wildman–Crippen LogP) is 1.57. The second kappa shape index (κ2) is 8.46. The molecule has 0 amide bonds. The van der Waals surface area contributed by atoms with Crippen molar-refractivity contribution in [2.24, 2.45) is 0 Å². The molecule has 2 aromatic rings. The molecule has 164 valence electrons. The number of sulfonamides is 1. The number of nitrogens with one attached hydrogen (secondary N) is 2. The van der Waals surface area contributed by atoms with Crippen LogP contribution in [-0.4, -0.2) is 64.2 Å². The Kier molecular flexibility index (Phi) is 5.92. The fourth-order valence-corrected chi connectivity index (χ4v) is 5.51. The Morgan fingerprint density at radius 3 is 2.47 bits per heavy atom. The topological polar surface area (TPSA) is 122 Å². The van der Waals surface area contributed by atoms with Crippen molar-refractivity contribution >= 4 is 33.0 Å². The van der Waals surface area contributed by atoms with E-state index in [4.69, 9.17) is 0 Å². The Labute approximate surface area is 176 Å². The maximum atomic E-state index is 13.0. The maximum Gasteiger partial charge on any atom is 0.295 e. The molecule has 1 aliphatic heterocycles. The summed E-state index contributed by atoms with van der Waals surface area (Å²) in [5.41, 5.74) is 0.981. The van der Waals surface area contributed by atoms with E-state index in [1.165, 1.54) is 0 Å². The summed E-state index contributed by atoms with van der Waals surface area (Å²) in [6.07, 6.45) is 7.14. The van der Waals surface area contributed by atoms with Gasteiger partial charge >= 0.3 is 0 Å². The number of piperidine rings is 1. The highest BCUT2D eigenvalue weighted by Crippen LogP contribution is 2.30. The van der Waals surface area contributed by atoms with Gasteiger partial charge in [-0.2, -0.15) is 4.98 Å². The Hall–Kier alpha value is -2.27. The summed E-state index contributed by atoms with van der Waals surface area (Å²) in [5.74, 6) is 0.881. The Balaban J connectivity index is 1.59. The number of rotatable bonds is 6. The van der Waals surface area contributed by atoms with Crippen LogP contribution < -0.4 is 16.2 Å². The molecule has 2 fully saturated rings. The average Bonchev–Trinajstić information content (AvgIpc) is 3.28.